The number of hydrogen-bond donors (Lipinski definition) is 4. The third-order valence-corrected chi connectivity index (χ3v) is 6.31. The maximum absolute atomic E-state index is 13.0. The monoisotopic (exact) mass is 408 g/mol. The molecule has 0 aliphatic heterocycles. The molecule has 2 aromatic carbocycles. The van der Waals surface area contributed by atoms with E-state index in [-0.39, 0.29) is 24.2 Å². The topological polar surface area (TPSA) is 82.2 Å². The third-order valence-electron chi connectivity index (χ3n) is 5.91. The lowest BCUT2D eigenvalue weighted by Crippen LogP contribution is -2.46. The van der Waals surface area contributed by atoms with Gasteiger partial charge in [-0.3, -0.25) is 4.79 Å². The van der Waals surface area contributed by atoms with Gasteiger partial charge in [-0.2, -0.15) is 12.6 Å². The van der Waals surface area contributed by atoms with E-state index in [1.165, 1.54) is 11.1 Å². The fourth-order valence-corrected chi connectivity index (χ4v) is 4.82. The third kappa shape index (κ3) is 3.90. The molecular formula is C23H24N2O3S. The number of carboxylic acid groups (broad SMARTS) is 1. The lowest BCUT2D eigenvalue weighted by Gasteiger charge is -2.24. The SMILES string of the molecule is O=C(O)[C@H](Cc1c[nH]c2ccccc12)NC(=O)[C@H](CS)C1CCc2ccccc21. The van der Waals surface area contributed by atoms with Crippen molar-refractivity contribution in [3.05, 3.63) is 71.4 Å². The minimum Gasteiger partial charge on any atom is -0.480 e. The van der Waals surface area contributed by atoms with Crippen LogP contribution >= 0.6 is 12.6 Å². The van der Waals surface area contributed by atoms with Crippen molar-refractivity contribution in [2.24, 2.45) is 5.92 Å². The van der Waals surface area contributed by atoms with Gasteiger partial charge in [0.05, 0.1) is 5.92 Å². The molecule has 1 heterocycles. The number of aryl methyl sites for hydroxylation is 1. The summed E-state index contributed by atoms with van der Waals surface area (Å²) in [6, 6.07) is 14.9. The number of amides is 1. The molecule has 0 fully saturated rings. The molecule has 1 aliphatic rings. The van der Waals surface area contributed by atoms with E-state index in [0.717, 1.165) is 29.3 Å². The van der Waals surface area contributed by atoms with Crippen LogP contribution in [0.5, 0.6) is 0 Å². The predicted molar refractivity (Wildman–Crippen MR) is 116 cm³/mol. The zero-order valence-electron chi connectivity index (χ0n) is 16.0. The summed E-state index contributed by atoms with van der Waals surface area (Å²) in [6.07, 6.45) is 3.87. The number of carbonyl (C=O) groups excluding carboxylic acids is 1. The first-order chi connectivity index (χ1) is 14.1. The number of carbonyl (C=O) groups is 2. The highest BCUT2D eigenvalue weighted by atomic mass is 32.1. The first-order valence-corrected chi connectivity index (χ1v) is 10.5. The second kappa shape index (κ2) is 8.33. The Labute approximate surface area is 174 Å². The molecule has 3 atom stereocenters. The Morgan fingerprint density at radius 3 is 2.72 bits per heavy atom. The molecular weight excluding hydrogens is 384 g/mol. The van der Waals surface area contributed by atoms with Gasteiger partial charge >= 0.3 is 5.97 Å². The van der Waals surface area contributed by atoms with Crippen molar-refractivity contribution in [2.75, 3.05) is 5.75 Å². The summed E-state index contributed by atoms with van der Waals surface area (Å²) < 4.78 is 0. The van der Waals surface area contributed by atoms with Crippen LogP contribution in [-0.4, -0.2) is 33.8 Å². The van der Waals surface area contributed by atoms with Gasteiger partial charge in [-0.1, -0.05) is 42.5 Å². The van der Waals surface area contributed by atoms with Crippen molar-refractivity contribution in [3.8, 4) is 0 Å². The number of para-hydroxylation sites is 1. The molecule has 1 amide bonds. The van der Waals surface area contributed by atoms with E-state index in [1.54, 1.807) is 0 Å². The van der Waals surface area contributed by atoms with Gasteiger partial charge in [0.1, 0.15) is 6.04 Å². The molecule has 0 spiro atoms. The van der Waals surface area contributed by atoms with Crippen LogP contribution in [0.1, 0.15) is 29.0 Å². The van der Waals surface area contributed by atoms with E-state index in [2.05, 4.69) is 35.1 Å². The largest absolute Gasteiger partial charge is 0.480 e. The van der Waals surface area contributed by atoms with Gasteiger partial charge in [0.15, 0.2) is 0 Å². The van der Waals surface area contributed by atoms with Gasteiger partial charge in [0.2, 0.25) is 5.91 Å². The Hall–Kier alpha value is -2.73. The van der Waals surface area contributed by atoms with Crippen molar-refractivity contribution in [1.82, 2.24) is 10.3 Å². The predicted octanol–water partition coefficient (Wildman–Crippen LogP) is 3.56. The zero-order chi connectivity index (χ0) is 20.4. The molecule has 29 heavy (non-hydrogen) atoms. The second-order valence-electron chi connectivity index (χ2n) is 7.60. The average Bonchev–Trinajstić information content (AvgIpc) is 3.33. The molecule has 1 aromatic heterocycles. The van der Waals surface area contributed by atoms with Crippen LogP contribution in [0.3, 0.4) is 0 Å². The molecule has 3 aromatic rings. The normalized spacial score (nSPS) is 17.6. The van der Waals surface area contributed by atoms with Crippen molar-refractivity contribution < 1.29 is 14.7 Å². The van der Waals surface area contributed by atoms with Gasteiger partial charge in [-0.15, -0.1) is 0 Å². The van der Waals surface area contributed by atoms with Crippen LogP contribution in [-0.2, 0) is 22.4 Å². The maximum Gasteiger partial charge on any atom is 0.326 e. The number of fused-ring (bicyclic) bond motifs is 2. The van der Waals surface area contributed by atoms with E-state index in [4.69, 9.17) is 0 Å². The van der Waals surface area contributed by atoms with Crippen LogP contribution < -0.4 is 5.32 Å². The molecule has 5 nitrogen and oxygen atoms in total. The first-order valence-electron chi connectivity index (χ1n) is 9.85. The lowest BCUT2D eigenvalue weighted by molar-refractivity contribution is -0.142. The lowest BCUT2D eigenvalue weighted by atomic mass is 9.87. The number of nitrogens with one attached hydrogen (secondary N) is 2. The number of aliphatic carboxylic acids is 1. The molecule has 1 unspecified atom stereocenters. The molecule has 150 valence electrons. The van der Waals surface area contributed by atoms with Crippen LogP contribution in [0.15, 0.2) is 54.7 Å². The number of thiol groups is 1. The van der Waals surface area contributed by atoms with Crippen LogP contribution in [0.2, 0.25) is 0 Å². The number of hydrogen-bond acceptors (Lipinski definition) is 3. The van der Waals surface area contributed by atoms with Crippen LogP contribution in [0, 0.1) is 5.92 Å². The van der Waals surface area contributed by atoms with Crippen molar-refractivity contribution >= 4 is 35.4 Å². The van der Waals surface area contributed by atoms with Crippen molar-refractivity contribution in [1.29, 1.82) is 0 Å². The Morgan fingerprint density at radius 2 is 1.93 bits per heavy atom. The number of benzene rings is 2. The number of carboxylic acids is 1. The Balaban J connectivity index is 1.52. The van der Waals surface area contributed by atoms with Gasteiger partial charge in [0.25, 0.3) is 0 Å². The van der Waals surface area contributed by atoms with Crippen molar-refractivity contribution in [3.63, 3.8) is 0 Å². The van der Waals surface area contributed by atoms with Gasteiger partial charge in [-0.05, 0) is 41.5 Å². The van der Waals surface area contributed by atoms with Gasteiger partial charge < -0.3 is 15.4 Å². The second-order valence-corrected chi connectivity index (χ2v) is 7.96. The van der Waals surface area contributed by atoms with Crippen LogP contribution in [0.25, 0.3) is 10.9 Å². The summed E-state index contributed by atoms with van der Waals surface area (Å²) in [5, 5.41) is 13.5. The molecule has 4 rings (SSSR count). The summed E-state index contributed by atoms with van der Waals surface area (Å²) >= 11 is 4.42. The average molecular weight is 409 g/mol. The maximum atomic E-state index is 13.0. The zero-order valence-corrected chi connectivity index (χ0v) is 16.9. The van der Waals surface area contributed by atoms with Crippen molar-refractivity contribution in [2.45, 2.75) is 31.2 Å². The minimum absolute atomic E-state index is 0.0752. The number of rotatable bonds is 7. The minimum atomic E-state index is -1.03. The Kier molecular flexibility index (Phi) is 5.62. The van der Waals surface area contributed by atoms with E-state index in [1.807, 2.05) is 42.6 Å². The van der Waals surface area contributed by atoms with Gasteiger partial charge in [0, 0.05) is 29.3 Å². The van der Waals surface area contributed by atoms with E-state index in [9.17, 15) is 14.7 Å². The highest BCUT2D eigenvalue weighted by molar-refractivity contribution is 7.80. The van der Waals surface area contributed by atoms with Gasteiger partial charge in [-0.25, -0.2) is 4.79 Å². The smallest absolute Gasteiger partial charge is 0.326 e. The Bertz CT molecular complexity index is 1050. The van der Waals surface area contributed by atoms with E-state index >= 15 is 0 Å². The highest BCUT2D eigenvalue weighted by Crippen LogP contribution is 2.39. The van der Waals surface area contributed by atoms with Crippen LogP contribution in [0.4, 0.5) is 0 Å². The highest BCUT2D eigenvalue weighted by Gasteiger charge is 2.35. The quantitative estimate of drug-likeness (QED) is 0.451. The number of aromatic amines is 1. The standard InChI is InChI=1S/C23H24N2O3S/c26-22(19(13-29)18-10-9-14-5-1-2-6-16(14)18)25-21(23(27)28)11-15-12-24-20-8-4-3-7-17(15)20/h1-8,12,18-19,21,24,29H,9-11,13H2,(H,25,26)(H,27,28)/t18?,19-,21+/m1/s1. The fraction of sp³-hybridized carbons (Fsp3) is 0.304. The Morgan fingerprint density at radius 1 is 1.17 bits per heavy atom. The molecule has 0 bridgehead atoms. The summed E-state index contributed by atoms with van der Waals surface area (Å²) in [5.41, 5.74) is 4.28. The number of aromatic nitrogens is 1. The molecule has 3 N–H and O–H groups in total. The molecule has 1 aliphatic carbocycles. The summed E-state index contributed by atoms with van der Waals surface area (Å²) in [7, 11) is 0. The molecule has 0 radical (unpaired) electrons. The molecule has 6 heteroatoms. The summed E-state index contributed by atoms with van der Waals surface area (Å²) in [5.74, 6) is -1.18. The summed E-state index contributed by atoms with van der Waals surface area (Å²) in [4.78, 5) is 28.1. The summed E-state index contributed by atoms with van der Waals surface area (Å²) in [6.45, 7) is 0. The fourth-order valence-electron chi connectivity index (χ4n) is 4.40. The first kappa shape index (κ1) is 19.6. The van der Waals surface area contributed by atoms with E-state index < -0.39 is 12.0 Å². The number of H-pyrrole nitrogens is 1. The molecule has 0 saturated carbocycles. The van der Waals surface area contributed by atoms with E-state index in [0.29, 0.717) is 5.75 Å². The molecule has 0 saturated heterocycles.